The van der Waals surface area contributed by atoms with E-state index in [9.17, 15) is 9.59 Å². The Morgan fingerprint density at radius 2 is 1.74 bits per heavy atom. The molecule has 0 heterocycles. The summed E-state index contributed by atoms with van der Waals surface area (Å²) in [5.74, 6) is 0.944. The molecule has 0 aliphatic carbocycles. The summed E-state index contributed by atoms with van der Waals surface area (Å²) in [5, 5.41) is 3.75. The third-order valence-corrected chi connectivity index (χ3v) is 5.01. The van der Waals surface area contributed by atoms with Crippen molar-refractivity contribution in [2.75, 3.05) is 25.2 Å². The van der Waals surface area contributed by atoms with Crippen molar-refractivity contribution in [2.45, 2.75) is 6.54 Å². The van der Waals surface area contributed by atoms with Gasteiger partial charge in [-0.3, -0.25) is 4.79 Å². The molecule has 8 heteroatoms. The SMILES string of the molecule is COC(=O)c1ccc(CNC(=O)CSCCOc2c(Cl)cccc2Cl)cc1. The molecule has 0 spiro atoms. The van der Waals surface area contributed by atoms with Gasteiger partial charge in [-0.1, -0.05) is 41.4 Å². The molecule has 0 aliphatic rings. The molecule has 0 fully saturated rings. The first-order valence-electron chi connectivity index (χ1n) is 8.09. The van der Waals surface area contributed by atoms with Crippen LogP contribution in [0.4, 0.5) is 0 Å². The molecule has 1 N–H and O–H groups in total. The van der Waals surface area contributed by atoms with E-state index in [0.29, 0.717) is 46.0 Å². The number of rotatable bonds is 9. The highest BCUT2D eigenvalue weighted by atomic mass is 35.5. The number of carbonyl (C=O) groups excluding carboxylic acids is 2. The van der Waals surface area contributed by atoms with Crippen LogP contribution in [-0.2, 0) is 16.1 Å². The summed E-state index contributed by atoms with van der Waals surface area (Å²) < 4.78 is 10.2. The van der Waals surface area contributed by atoms with Crippen molar-refractivity contribution in [1.29, 1.82) is 0 Å². The molecule has 27 heavy (non-hydrogen) atoms. The lowest BCUT2D eigenvalue weighted by molar-refractivity contribution is -0.118. The van der Waals surface area contributed by atoms with Gasteiger partial charge in [0.05, 0.1) is 35.1 Å². The highest BCUT2D eigenvalue weighted by molar-refractivity contribution is 7.99. The molecule has 0 saturated heterocycles. The molecule has 2 aromatic rings. The standard InChI is InChI=1S/C19H19Cl2NO4S/c1-25-19(24)14-7-5-13(6-8-14)11-22-17(23)12-27-10-9-26-18-15(20)3-2-4-16(18)21/h2-8H,9-12H2,1H3,(H,22,23). The summed E-state index contributed by atoms with van der Waals surface area (Å²) in [6.45, 7) is 0.795. The van der Waals surface area contributed by atoms with Gasteiger partial charge in [0.15, 0.2) is 5.75 Å². The minimum atomic E-state index is -0.387. The van der Waals surface area contributed by atoms with Crippen LogP contribution >= 0.6 is 35.0 Å². The zero-order chi connectivity index (χ0) is 19.6. The fourth-order valence-corrected chi connectivity index (χ4v) is 3.26. The third kappa shape index (κ3) is 6.97. The van der Waals surface area contributed by atoms with Crippen molar-refractivity contribution < 1.29 is 19.1 Å². The molecular weight excluding hydrogens is 409 g/mol. The fraction of sp³-hybridized carbons (Fsp3) is 0.263. The number of halogens is 2. The molecule has 1 amide bonds. The molecule has 0 atom stereocenters. The Kier molecular flexibility index (Phi) is 8.78. The van der Waals surface area contributed by atoms with Gasteiger partial charge in [0.2, 0.25) is 5.91 Å². The number of para-hydroxylation sites is 1. The van der Waals surface area contributed by atoms with Crippen molar-refractivity contribution in [2.24, 2.45) is 0 Å². The van der Waals surface area contributed by atoms with Crippen molar-refractivity contribution >= 4 is 46.8 Å². The van der Waals surface area contributed by atoms with E-state index in [1.54, 1.807) is 42.5 Å². The summed E-state index contributed by atoms with van der Waals surface area (Å²) in [6, 6.07) is 12.1. The smallest absolute Gasteiger partial charge is 0.337 e. The number of benzene rings is 2. The van der Waals surface area contributed by atoms with Crippen LogP contribution in [0.1, 0.15) is 15.9 Å². The van der Waals surface area contributed by atoms with E-state index in [1.807, 2.05) is 0 Å². The molecule has 0 radical (unpaired) electrons. The topological polar surface area (TPSA) is 64.6 Å². The van der Waals surface area contributed by atoms with Gasteiger partial charge in [-0.05, 0) is 29.8 Å². The van der Waals surface area contributed by atoms with Gasteiger partial charge in [0, 0.05) is 12.3 Å². The highest BCUT2D eigenvalue weighted by Crippen LogP contribution is 2.32. The van der Waals surface area contributed by atoms with E-state index in [0.717, 1.165) is 5.56 Å². The van der Waals surface area contributed by atoms with Crippen molar-refractivity contribution in [3.63, 3.8) is 0 Å². The summed E-state index contributed by atoms with van der Waals surface area (Å²) >= 11 is 13.5. The normalized spacial score (nSPS) is 10.3. The fourth-order valence-electron chi connectivity index (χ4n) is 2.12. The van der Waals surface area contributed by atoms with Gasteiger partial charge in [-0.2, -0.15) is 0 Å². The van der Waals surface area contributed by atoms with Crippen LogP contribution < -0.4 is 10.1 Å². The Morgan fingerprint density at radius 3 is 2.37 bits per heavy atom. The van der Waals surface area contributed by atoms with Gasteiger partial charge in [0.25, 0.3) is 0 Å². The Hall–Kier alpha value is -1.89. The number of amides is 1. The third-order valence-electron chi connectivity index (χ3n) is 3.49. The molecule has 0 bridgehead atoms. The lowest BCUT2D eigenvalue weighted by Crippen LogP contribution is -2.25. The number of esters is 1. The molecule has 0 unspecified atom stereocenters. The summed E-state index contributed by atoms with van der Waals surface area (Å²) in [6.07, 6.45) is 0. The van der Waals surface area contributed by atoms with Crippen molar-refractivity contribution in [3.05, 3.63) is 63.6 Å². The largest absolute Gasteiger partial charge is 0.490 e. The van der Waals surface area contributed by atoms with E-state index in [4.69, 9.17) is 27.9 Å². The second-order valence-electron chi connectivity index (χ2n) is 5.42. The zero-order valence-corrected chi connectivity index (χ0v) is 17.0. The van der Waals surface area contributed by atoms with E-state index in [1.165, 1.54) is 18.9 Å². The maximum atomic E-state index is 11.9. The van der Waals surface area contributed by atoms with Crippen LogP contribution in [0.2, 0.25) is 10.0 Å². The van der Waals surface area contributed by atoms with Gasteiger partial charge in [-0.15, -0.1) is 11.8 Å². The van der Waals surface area contributed by atoms with Crippen molar-refractivity contribution in [1.82, 2.24) is 5.32 Å². The second-order valence-corrected chi connectivity index (χ2v) is 7.34. The number of thioether (sulfide) groups is 1. The first-order valence-corrected chi connectivity index (χ1v) is 10.0. The number of hydrogen-bond acceptors (Lipinski definition) is 5. The number of methoxy groups -OCH3 is 1. The molecule has 2 rings (SSSR count). The van der Waals surface area contributed by atoms with Gasteiger partial charge < -0.3 is 14.8 Å². The Morgan fingerprint density at radius 1 is 1.07 bits per heavy atom. The lowest BCUT2D eigenvalue weighted by Gasteiger charge is -2.09. The second kappa shape index (κ2) is 11.1. The zero-order valence-electron chi connectivity index (χ0n) is 14.7. The molecule has 0 aromatic heterocycles. The van der Waals surface area contributed by atoms with Crippen LogP contribution in [0.15, 0.2) is 42.5 Å². The lowest BCUT2D eigenvalue weighted by atomic mass is 10.1. The predicted octanol–water partition coefficient (Wildman–Crippen LogP) is 4.21. The van der Waals surface area contributed by atoms with E-state index in [2.05, 4.69) is 10.1 Å². The van der Waals surface area contributed by atoms with Crippen LogP contribution in [0.5, 0.6) is 5.75 Å². The highest BCUT2D eigenvalue weighted by Gasteiger charge is 2.08. The van der Waals surface area contributed by atoms with E-state index >= 15 is 0 Å². The summed E-state index contributed by atoms with van der Waals surface area (Å²) in [7, 11) is 1.34. The number of hydrogen-bond donors (Lipinski definition) is 1. The number of nitrogens with one attached hydrogen (secondary N) is 1. The molecule has 2 aromatic carbocycles. The van der Waals surface area contributed by atoms with Crippen LogP contribution in [-0.4, -0.2) is 37.1 Å². The summed E-state index contributed by atoms with van der Waals surface area (Å²) in [5.41, 5.74) is 1.37. The average Bonchev–Trinajstić information content (AvgIpc) is 2.68. The van der Waals surface area contributed by atoms with Crippen molar-refractivity contribution in [3.8, 4) is 5.75 Å². The molecule has 0 saturated carbocycles. The van der Waals surface area contributed by atoms with Gasteiger partial charge >= 0.3 is 5.97 Å². The van der Waals surface area contributed by atoms with Crippen LogP contribution in [0.25, 0.3) is 0 Å². The molecule has 144 valence electrons. The molecule has 0 aliphatic heterocycles. The van der Waals surface area contributed by atoms with Gasteiger partial charge in [0.1, 0.15) is 0 Å². The Bertz CT molecular complexity index is 764. The molecular formula is C19H19Cl2NO4S. The maximum absolute atomic E-state index is 11.9. The van der Waals surface area contributed by atoms with Crippen LogP contribution in [0.3, 0.4) is 0 Å². The van der Waals surface area contributed by atoms with Gasteiger partial charge in [-0.25, -0.2) is 4.79 Å². The first kappa shape index (κ1) is 21.4. The van der Waals surface area contributed by atoms with E-state index in [-0.39, 0.29) is 11.9 Å². The Labute approximate surface area is 172 Å². The van der Waals surface area contributed by atoms with Crippen LogP contribution in [0, 0.1) is 0 Å². The summed E-state index contributed by atoms with van der Waals surface area (Å²) in [4.78, 5) is 23.3. The minimum absolute atomic E-state index is 0.0761. The maximum Gasteiger partial charge on any atom is 0.337 e. The first-order chi connectivity index (χ1) is 13.0. The Balaban J connectivity index is 1.64. The molecule has 5 nitrogen and oxygen atoms in total. The van der Waals surface area contributed by atoms with E-state index < -0.39 is 0 Å². The quantitative estimate of drug-likeness (QED) is 0.479. The number of ether oxygens (including phenoxy) is 2. The monoisotopic (exact) mass is 427 g/mol. The number of carbonyl (C=O) groups is 2. The predicted molar refractivity (Wildman–Crippen MR) is 109 cm³/mol. The minimum Gasteiger partial charge on any atom is -0.490 e. The average molecular weight is 428 g/mol.